The first-order chi connectivity index (χ1) is 10.4. The molecule has 0 bridgehead atoms. The molecule has 0 atom stereocenters. The lowest BCUT2D eigenvalue weighted by Gasteiger charge is -2.11. The maximum Gasteiger partial charge on any atom is 0.338 e. The lowest BCUT2D eigenvalue weighted by Crippen LogP contribution is -2.18. The number of nitrogens with zero attached hydrogens (tertiary/aromatic N) is 4. The first-order valence-electron chi connectivity index (χ1n) is 6.98. The zero-order chi connectivity index (χ0) is 16.3. The van der Waals surface area contributed by atoms with Gasteiger partial charge in [-0.25, -0.2) is 9.48 Å². The highest BCUT2D eigenvalue weighted by molar-refractivity contribution is 5.90. The zero-order valence-corrected chi connectivity index (χ0v) is 12.8. The van der Waals surface area contributed by atoms with Crippen LogP contribution < -0.4 is 5.32 Å². The Kier molecular flexibility index (Phi) is 4.59. The quantitative estimate of drug-likeness (QED) is 0.845. The molecule has 1 amide bonds. The van der Waals surface area contributed by atoms with Crippen molar-refractivity contribution < 1.29 is 14.7 Å². The Morgan fingerprint density at radius 3 is 2.73 bits per heavy atom. The van der Waals surface area contributed by atoms with Crippen molar-refractivity contribution in [2.24, 2.45) is 0 Å². The summed E-state index contributed by atoms with van der Waals surface area (Å²) in [6, 6.07) is 1.96. The van der Waals surface area contributed by atoms with Gasteiger partial charge in [0, 0.05) is 31.3 Å². The number of carboxylic acids is 1. The highest BCUT2D eigenvalue weighted by atomic mass is 16.4. The minimum Gasteiger partial charge on any atom is -0.478 e. The summed E-state index contributed by atoms with van der Waals surface area (Å²) in [5.41, 5.74) is 0.941. The number of aromatic nitrogens is 4. The third kappa shape index (κ3) is 3.72. The highest BCUT2D eigenvalue weighted by Crippen LogP contribution is 2.16. The van der Waals surface area contributed by atoms with Crippen LogP contribution >= 0.6 is 0 Å². The van der Waals surface area contributed by atoms with Gasteiger partial charge in [0.15, 0.2) is 0 Å². The molecule has 0 saturated heterocycles. The average Bonchev–Trinajstić information content (AvgIpc) is 3.03. The predicted octanol–water partition coefficient (Wildman–Crippen LogP) is 1.70. The minimum atomic E-state index is -1.04. The van der Waals surface area contributed by atoms with Crippen LogP contribution in [-0.2, 0) is 11.3 Å². The Hall–Kier alpha value is -2.64. The summed E-state index contributed by atoms with van der Waals surface area (Å²) >= 11 is 0. The van der Waals surface area contributed by atoms with Gasteiger partial charge in [-0.05, 0) is 20.8 Å². The third-order valence-electron chi connectivity index (χ3n) is 3.06. The topological polar surface area (TPSA) is 102 Å². The largest absolute Gasteiger partial charge is 0.478 e. The molecule has 2 aromatic heterocycles. The molecule has 8 heteroatoms. The van der Waals surface area contributed by atoms with Crippen LogP contribution in [0.2, 0.25) is 0 Å². The molecule has 0 saturated carbocycles. The molecular weight excluding hydrogens is 286 g/mol. The second-order valence-electron chi connectivity index (χ2n) is 5.30. The second-order valence-corrected chi connectivity index (χ2v) is 5.30. The lowest BCUT2D eigenvalue weighted by molar-refractivity contribution is -0.116. The van der Waals surface area contributed by atoms with Crippen molar-refractivity contribution in [1.29, 1.82) is 0 Å². The van der Waals surface area contributed by atoms with Crippen molar-refractivity contribution >= 4 is 17.7 Å². The van der Waals surface area contributed by atoms with Crippen LogP contribution in [0, 0.1) is 6.92 Å². The first-order valence-corrected chi connectivity index (χ1v) is 6.98. The number of nitrogens with one attached hydrogen (secondary N) is 1. The fourth-order valence-corrected chi connectivity index (χ4v) is 2.02. The minimum absolute atomic E-state index is 0.105. The van der Waals surface area contributed by atoms with E-state index in [1.54, 1.807) is 4.68 Å². The van der Waals surface area contributed by atoms with Crippen molar-refractivity contribution in [1.82, 2.24) is 19.6 Å². The fraction of sp³-hybridized carbons (Fsp3) is 0.429. The van der Waals surface area contributed by atoms with E-state index in [4.69, 9.17) is 5.11 Å². The van der Waals surface area contributed by atoms with Crippen LogP contribution in [0.1, 0.15) is 42.4 Å². The maximum atomic E-state index is 12.0. The number of rotatable bonds is 6. The molecule has 118 valence electrons. The van der Waals surface area contributed by atoms with Gasteiger partial charge in [0.25, 0.3) is 0 Å². The molecule has 0 aromatic carbocycles. The monoisotopic (exact) mass is 305 g/mol. The molecule has 0 unspecified atom stereocenters. The van der Waals surface area contributed by atoms with E-state index < -0.39 is 5.97 Å². The van der Waals surface area contributed by atoms with Gasteiger partial charge >= 0.3 is 5.97 Å². The van der Waals surface area contributed by atoms with Gasteiger partial charge in [-0.3, -0.25) is 9.48 Å². The van der Waals surface area contributed by atoms with Gasteiger partial charge in [0.2, 0.25) is 5.91 Å². The summed E-state index contributed by atoms with van der Waals surface area (Å²) in [7, 11) is 0. The normalized spacial score (nSPS) is 10.9. The molecule has 0 aliphatic carbocycles. The van der Waals surface area contributed by atoms with Gasteiger partial charge in [0.1, 0.15) is 5.82 Å². The van der Waals surface area contributed by atoms with E-state index in [1.165, 1.54) is 17.1 Å². The van der Waals surface area contributed by atoms with E-state index in [0.29, 0.717) is 12.4 Å². The first kappa shape index (κ1) is 15.7. The van der Waals surface area contributed by atoms with Crippen LogP contribution in [0.15, 0.2) is 18.5 Å². The summed E-state index contributed by atoms with van der Waals surface area (Å²) in [6.07, 6.45) is 2.86. The number of aromatic carboxylic acids is 1. The number of carboxylic acid groups (broad SMARTS) is 1. The van der Waals surface area contributed by atoms with Crippen LogP contribution in [0.5, 0.6) is 0 Å². The van der Waals surface area contributed by atoms with E-state index >= 15 is 0 Å². The molecule has 2 N–H and O–H groups in total. The number of aryl methyl sites for hydroxylation is 2. The van der Waals surface area contributed by atoms with Crippen molar-refractivity contribution in [3.8, 4) is 0 Å². The van der Waals surface area contributed by atoms with Crippen LogP contribution in [-0.4, -0.2) is 36.5 Å². The van der Waals surface area contributed by atoms with Crippen molar-refractivity contribution in [3.05, 3.63) is 29.7 Å². The fourth-order valence-electron chi connectivity index (χ4n) is 2.02. The van der Waals surface area contributed by atoms with Crippen molar-refractivity contribution in [2.45, 2.75) is 39.8 Å². The predicted molar refractivity (Wildman–Crippen MR) is 79.8 cm³/mol. The standard InChI is InChI=1S/C14H19N5O3/c1-9(2)19-12(6-10(3)17-19)16-13(20)4-5-18-8-11(7-15-18)14(21)22/h6-9H,4-5H2,1-3H3,(H,16,20)(H,21,22). The smallest absolute Gasteiger partial charge is 0.338 e. The highest BCUT2D eigenvalue weighted by Gasteiger charge is 2.12. The van der Waals surface area contributed by atoms with E-state index in [9.17, 15) is 9.59 Å². The Labute approximate surface area is 127 Å². The molecule has 0 spiro atoms. The Morgan fingerprint density at radius 2 is 2.14 bits per heavy atom. The number of hydrogen-bond donors (Lipinski definition) is 2. The molecule has 2 heterocycles. The average molecular weight is 305 g/mol. The number of amides is 1. The summed E-state index contributed by atoms with van der Waals surface area (Å²) in [5, 5.41) is 19.9. The Morgan fingerprint density at radius 1 is 1.41 bits per heavy atom. The van der Waals surface area contributed by atoms with Crippen LogP contribution in [0.25, 0.3) is 0 Å². The molecule has 0 aliphatic heterocycles. The summed E-state index contributed by atoms with van der Waals surface area (Å²) in [5.74, 6) is -0.551. The molecular formula is C14H19N5O3. The van der Waals surface area contributed by atoms with E-state index in [1.807, 2.05) is 26.8 Å². The van der Waals surface area contributed by atoms with Crippen LogP contribution in [0.4, 0.5) is 5.82 Å². The number of carbonyl (C=O) groups excluding carboxylic acids is 1. The molecule has 0 fully saturated rings. The molecule has 0 radical (unpaired) electrons. The van der Waals surface area contributed by atoms with Gasteiger partial charge < -0.3 is 10.4 Å². The molecule has 2 rings (SSSR count). The summed E-state index contributed by atoms with van der Waals surface area (Å²) < 4.78 is 3.19. The Balaban J connectivity index is 1.94. The SMILES string of the molecule is Cc1cc(NC(=O)CCn2cc(C(=O)O)cn2)n(C(C)C)n1. The van der Waals surface area contributed by atoms with Crippen molar-refractivity contribution in [2.75, 3.05) is 5.32 Å². The summed E-state index contributed by atoms with van der Waals surface area (Å²) in [6.45, 7) is 6.15. The van der Waals surface area contributed by atoms with Crippen molar-refractivity contribution in [3.63, 3.8) is 0 Å². The van der Waals surface area contributed by atoms with Crippen LogP contribution in [0.3, 0.4) is 0 Å². The maximum absolute atomic E-state index is 12.0. The van der Waals surface area contributed by atoms with E-state index in [-0.39, 0.29) is 23.9 Å². The molecule has 22 heavy (non-hydrogen) atoms. The van der Waals surface area contributed by atoms with E-state index in [2.05, 4.69) is 15.5 Å². The van der Waals surface area contributed by atoms with Gasteiger partial charge in [-0.2, -0.15) is 10.2 Å². The number of hydrogen-bond acceptors (Lipinski definition) is 4. The van der Waals surface area contributed by atoms with Gasteiger partial charge in [-0.15, -0.1) is 0 Å². The molecule has 0 aliphatic rings. The lowest BCUT2D eigenvalue weighted by atomic mass is 10.3. The Bertz CT molecular complexity index is 686. The van der Waals surface area contributed by atoms with E-state index in [0.717, 1.165) is 5.69 Å². The molecule has 2 aromatic rings. The summed E-state index contributed by atoms with van der Waals surface area (Å²) in [4.78, 5) is 22.8. The second kappa shape index (κ2) is 6.42. The molecule has 8 nitrogen and oxygen atoms in total. The zero-order valence-electron chi connectivity index (χ0n) is 12.8. The third-order valence-corrected chi connectivity index (χ3v) is 3.06. The number of anilines is 1. The number of carbonyl (C=O) groups is 2. The van der Waals surface area contributed by atoms with Gasteiger partial charge in [0.05, 0.1) is 17.5 Å². The van der Waals surface area contributed by atoms with Gasteiger partial charge in [-0.1, -0.05) is 0 Å².